The zero-order chi connectivity index (χ0) is 20.9. The minimum Gasteiger partial charge on any atom is -0.491 e. The molecule has 0 amide bonds. The lowest BCUT2D eigenvalue weighted by molar-refractivity contribution is -0.0339. The van der Waals surface area contributed by atoms with Gasteiger partial charge in [-0.2, -0.15) is 0 Å². The van der Waals surface area contributed by atoms with Crippen molar-refractivity contribution in [2.24, 2.45) is 0 Å². The van der Waals surface area contributed by atoms with Crippen LogP contribution in [0.5, 0.6) is 5.75 Å². The molecule has 1 heterocycles. The van der Waals surface area contributed by atoms with E-state index < -0.39 is 24.2 Å². The number of rotatable bonds is 5. The van der Waals surface area contributed by atoms with Crippen LogP contribution in [0.4, 0.5) is 0 Å². The Morgan fingerprint density at radius 3 is 2.69 bits per heavy atom. The van der Waals surface area contributed by atoms with Crippen LogP contribution in [0.25, 0.3) is 11.0 Å². The zero-order valence-electron chi connectivity index (χ0n) is 15.8. The standard InChI is InChI=1S/C22H19BrO6/c1-22(2)15-8-12(28-10-17(26)16(25)9-24)4-6-13(15)20(27)19-14-5-3-11(23)7-18(14)29-21(19)22/h4,6-8,16-17,24-26H,9-10H2,1-2H3/t16?,17-/m1/s1. The molecule has 2 atom stereocenters. The maximum absolute atomic E-state index is 13.2. The van der Waals surface area contributed by atoms with E-state index in [1.807, 2.05) is 13.8 Å². The maximum atomic E-state index is 13.2. The quantitative estimate of drug-likeness (QED) is 0.543. The molecule has 0 radical (unpaired) electrons. The van der Waals surface area contributed by atoms with E-state index in [-0.39, 0.29) is 12.4 Å². The van der Waals surface area contributed by atoms with E-state index in [1.54, 1.807) is 24.3 Å². The lowest BCUT2D eigenvalue weighted by Gasteiger charge is -2.30. The van der Waals surface area contributed by atoms with Gasteiger partial charge in [0.1, 0.15) is 35.9 Å². The van der Waals surface area contributed by atoms with E-state index in [4.69, 9.17) is 14.3 Å². The molecule has 2 aromatic carbocycles. The van der Waals surface area contributed by atoms with Gasteiger partial charge in [0.05, 0.1) is 22.0 Å². The summed E-state index contributed by atoms with van der Waals surface area (Å²) in [6.45, 7) is 3.18. The van der Waals surface area contributed by atoms with Crippen molar-refractivity contribution in [3.8, 4) is 5.75 Å². The largest absolute Gasteiger partial charge is 0.491 e. The normalized spacial score (nSPS) is 16.7. The van der Waals surface area contributed by atoms with Crippen molar-refractivity contribution in [1.82, 2.24) is 0 Å². The fourth-order valence-electron chi connectivity index (χ4n) is 3.60. The average molecular weight is 459 g/mol. The lowest BCUT2D eigenvalue weighted by atomic mass is 9.72. The van der Waals surface area contributed by atoms with Gasteiger partial charge in [-0.3, -0.25) is 4.79 Å². The molecule has 0 spiro atoms. The molecule has 0 aliphatic heterocycles. The molecule has 1 aliphatic rings. The topological polar surface area (TPSA) is 100 Å². The van der Waals surface area contributed by atoms with Crippen LogP contribution in [0, 0.1) is 12.1 Å². The third-order valence-corrected chi connectivity index (χ3v) is 5.68. The Hall–Kier alpha value is -2.37. The molecule has 1 aromatic heterocycles. The first kappa shape index (κ1) is 19.9. The smallest absolute Gasteiger partial charge is 0.198 e. The predicted molar refractivity (Wildman–Crippen MR) is 108 cm³/mol. The Bertz CT molecular complexity index is 1100. The molecule has 3 aromatic rings. The second kappa shape index (κ2) is 7.15. The van der Waals surface area contributed by atoms with E-state index in [9.17, 15) is 15.0 Å². The van der Waals surface area contributed by atoms with E-state index in [1.165, 1.54) is 0 Å². The minimum atomic E-state index is -1.28. The van der Waals surface area contributed by atoms with Gasteiger partial charge in [0.2, 0.25) is 0 Å². The van der Waals surface area contributed by atoms with Gasteiger partial charge in [-0.25, -0.2) is 0 Å². The number of benzene rings is 1. The molecule has 1 unspecified atom stereocenters. The number of hydrogen-bond acceptors (Lipinski definition) is 6. The Labute approximate surface area is 175 Å². The van der Waals surface area contributed by atoms with E-state index >= 15 is 0 Å². The zero-order valence-corrected chi connectivity index (χ0v) is 17.4. The van der Waals surface area contributed by atoms with Crippen LogP contribution in [0.2, 0.25) is 0 Å². The summed E-state index contributed by atoms with van der Waals surface area (Å²) in [5.41, 5.74) is 1.74. The fraction of sp³-hybridized carbons (Fsp3) is 0.318. The Morgan fingerprint density at radius 2 is 1.97 bits per heavy atom. The number of halogens is 1. The fourth-order valence-corrected chi connectivity index (χ4v) is 3.91. The van der Waals surface area contributed by atoms with Crippen LogP contribution >= 0.6 is 15.9 Å². The van der Waals surface area contributed by atoms with Crippen LogP contribution in [0.1, 0.15) is 41.1 Å². The van der Waals surface area contributed by atoms with Crippen LogP contribution < -0.4 is 4.74 Å². The van der Waals surface area contributed by atoms with Crippen LogP contribution in [0.3, 0.4) is 0 Å². The first-order valence-electron chi connectivity index (χ1n) is 9.09. The number of carbonyl (C=O) groups is 1. The number of aliphatic hydroxyl groups excluding tert-OH is 3. The van der Waals surface area contributed by atoms with Gasteiger partial charge in [-0.1, -0.05) is 12.1 Å². The molecule has 3 N–H and O–H groups in total. The molecule has 0 saturated carbocycles. The number of aliphatic hydroxyl groups is 3. The SMILES string of the molecule is CC1(C)c2cc(OC[C@@H](O)C(O)CO)ccc2C(=O)c2c1oc1cc(Br)c#cc21. The number of furan rings is 1. The highest BCUT2D eigenvalue weighted by Gasteiger charge is 2.42. The number of ketones is 1. The molecule has 7 heteroatoms. The number of hydrogen-bond donors (Lipinski definition) is 3. The molecule has 0 saturated heterocycles. The molecular formula is C22H19BrO6. The molecule has 29 heavy (non-hydrogen) atoms. The molecule has 1 aliphatic carbocycles. The second-order valence-corrected chi connectivity index (χ2v) is 8.43. The molecule has 0 fully saturated rings. The van der Waals surface area contributed by atoms with Gasteiger partial charge in [-0.15, -0.1) is 0 Å². The molecule has 0 bridgehead atoms. The van der Waals surface area contributed by atoms with Gasteiger partial charge in [-0.05, 0) is 53.5 Å². The molecular weight excluding hydrogens is 440 g/mol. The number of fused-ring (bicyclic) bond motifs is 4. The summed E-state index contributed by atoms with van der Waals surface area (Å²) in [4.78, 5) is 13.2. The Balaban J connectivity index is 1.74. The predicted octanol–water partition coefficient (Wildman–Crippen LogP) is 2.76. The van der Waals surface area contributed by atoms with Crippen molar-refractivity contribution in [1.29, 1.82) is 0 Å². The molecule has 6 nitrogen and oxygen atoms in total. The van der Waals surface area contributed by atoms with Gasteiger partial charge in [0.25, 0.3) is 0 Å². The summed E-state index contributed by atoms with van der Waals surface area (Å²) in [5.74, 6) is 0.846. The number of carbonyl (C=O) groups excluding carboxylic acids is 1. The summed E-state index contributed by atoms with van der Waals surface area (Å²) >= 11 is 3.35. The van der Waals surface area contributed by atoms with Crippen molar-refractivity contribution < 1.29 is 29.3 Å². The summed E-state index contributed by atoms with van der Waals surface area (Å²) < 4.78 is 12.3. The summed E-state index contributed by atoms with van der Waals surface area (Å²) in [5, 5.41) is 28.8. The monoisotopic (exact) mass is 458 g/mol. The third kappa shape index (κ3) is 3.22. The van der Waals surface area contributed by atoms with Gasteiger partial charge >= 0.3 is 0 Å². The first-order valence-corrected chi connectivity index (χ1v) is 9.88. The van der Waals surface area contributed by atoms with Crippen molar-refractivity contribution in [2.75, 3.05) is 13.2 Å². The van der Waals surface area contributed by atoms with E-state index in [0.29, 0.717) is 38.1 Å². The highest BCUT2D eigenvalue weighted by atomic mass is 79.9. The molecule has 150 valence electrons. The van der Waals surface area contributed by atoms with E-state index in [2.05, 4.69) is 28.1 Å². The first-order chi connectivity index (χ1) is 13.7. The van der Waals surface area contributed by atoms with Gasteiger partial charge < -0.3 is 24.5 Å². The average Bonchev–Trinajstić information content (AvgIpc) is 3.09. The number of ether oxygens (including phenoxy) is 1. The summed E-state index contributed by atoms with van der Waals surface area (Å²) in [6.07, 6.45) is -2.51. The summed E-state index contributed by atoms with van der Waals surface area (Å²) in [7, 11) is 0. The van der Waals surface area contributed by atoms with Crippen LogP contribution in [-0.4, -0.2) is 46.5 Å². The van der Waals surface area contributed by atoms with Crippen molar-refractivity contribution in [3.63, 3.8) is 0 Å². The summed E-state index contributed by atoms with van der Waals surface area (Å²) in [6, 6.07) is 12.8. The molecule has 4 rings (SSSR count). The van der Waals surface area contributed by atoms with Crippen LogP contribution in [-0.2, 0) is 5.41 Å². The third-order valence-electron chi connectivity index (χ3n) is 5.26. The lowest BCUT2D eigenvalue weighted by Crippen LogP contribution is -2.34. The van der Waals surface area contributed by atoms with E-state index in [0.717, 1.165) is 5.56 Å². The Kier molecular flexibility index (Phi) is 4.91. The van der Waals surface area contributed by atoms with Crippen molar-refractivity contribution in [2.45, 2.75) is 31.5 Å². The maximum Gasteiger partial charge on any atom is 0.198 e. The highest BCUT2D eigenvalue weighted by Crippen LogP contribution is 2.46. The van der Waals surface area contributed by atoms with Crippen LogP contribution in [0.15, 0.2) is 33.2 Å². The van der Waals surface area contributed by atoms with Gasteiger partial charge in [0.15, 0.2) is 5.78 Å². The minimum absolute atomic E-state index is 0.151. The van der Waals surface area contributed by atoms with Crippen molar-refractivity contribution >= 4 is 32.7 Å². The highest BCUT2D eigenvalue weighted by molar-refractivity contribution is 9.10. The second-order valence-electron chi connectivity index (χ2n) is 7.58. The van der Waals surface area contributed by atoms with Gasteiger partial charge in [0, 0.05) is 17.0 Å². The Morgan fingerprint density at radius 1 is 1.21 bits per heavy atom. The van der Waals surface area contributed by atoms with Crippen molar-refractivity contribution in [3.05, 3.63) is 63.3 Å².